The summed E-state index contributed by atoms with van der Waals surface area (Å²) in [6.07, 6.45) is 6.02. The summed E-state index contributed by atoms with van der Waals surface area (Å²) >= 11 is 0. The SMILES string of the molecule is CC1C=CC=C2C1=Nc1ccc([N+](=O)[O-])cc12. The van der Waals surface area contributed by atoms with Crippen molar-refractivity contribution in [3.63, 3.8) is 0 Å². The van der Waals surface area contributed by atoms with Crippen molar-refractivity contribution in [3.8, 4) is 0 Å². The Morgan fingerprint density at radius 1 is 1.41 bits per heavy atom. The fourth-order valence-electron chi connectivity index (χ4n) is 2.21. The van der Waals surface area contributed by atoms with E-state index in [0.29, 0.717) is 0 Å². The van der Waals surface area contributed by atoms with Gasteiger partial charge in [-0.25, -0.2) is 0 Å². The molecule has 4 heteroatoms. The third-order valence-corrected chi connectivity index (χ3v) is 3.09. The molecular weight excluding hydrogens is 216 g/mol. The molecule has 1 atom stereocenters. The standard InChI is InChI=1S/C13H10N2O2/c1-8-3-2-4-10-11-7-9(15(16)17)5-6-12(11)14-13(8)10/h2-8H,1H3. The highest BCUT2D eigenvalue weighted by atomic mass is 16.6. The second kappa shape index (κ2) is 3.38. The van der Waals surface area contributed by atoms with Gasteiger partial charge in [0.15, 0.2) is 0 Å². The van der Waals surface area contributed by atoms with E-state index in [2.05, 4.69) is 18.0 Å². The van der Waals surface area contributed by atoms with E-state index < -0.39 is 0 Å². The predicted molar refractivity (Wildman–Crippen MR) is 66.5 cm³/mol. The molecule has 3 rings (SSSR count). The van der Waals surface area contributed by atoms with Crippen molar-refractivity contribution in [1.82, 2.24) is 0 Å². The Morgan fingerprint density at radius 2 is 2.24 bits per heavy atom. The minimum Gasteiger partial charge on any atom is -0.258 e. The van der Waals surface area contributed by atoms with Crippen LogP contribution >= 0.6 is 0 Å². The monoisotopic (exact) mass is 226 g/mol. The summed E-state index contributed by atoms with van der Waals surface area (Å²) in [5.74, 6) is 0.265. The number of aliphatic imine (C=N–C) groups is 1. The molecule has 0 fully saturated rings. The minimum absolute atomic E-state index is 0.114. The summed E-state index contributed by atoms with van der Waals surface area (Å²) in [5, 5.41) is 10.8. The number of hydrogen-bond acceptors (Lipinski definition) is 3. The van der Waals surface area contributed by atoms with E-state index >= 15 is 0 Å². The molecule has 0 radical (unpaired) electrons. The third kappa shape index (κ3) is 1.41. The molecule has 1 heterocycles. The molecule has 1 aliphatic heterocycles. The summed E-state index contributed by atoms with van der Waals surface area (Å²) in [6, 6.07) is 4.81. The first-order valence-electron chi connectivity index (χ1n) is 5.43. The maximum Gasteiger partial charge on any atom is 0.270 e. The van der Waals surface area contributed by atoms with Gasteiger partial charge in [-0.2, -0.15) is 0 Å². The summed E-state index contributed by atoms with van der Waals surface area (Å²) < 4.78 is 0. The van der Waals surface area contributed by atoms with Crippen LogP contribution in [0.2, 0.25) is 0 Å². The number of hydrogen-bond donors (Lipinski definition) is 0. The van der Waals surface area contributed by atoms with Crippen molar-refractivity contribution >= 4 is 22.7 Å². The van der Waals surface area contributed by atoms with E-state index in [4.69, 9.17) is 0 Å². The highest BCUT2D eigenvalue weighted by molar-refractivity contribution is 6.31. The average Bonchev–Trinajstić information content (AvgIpc) is 2.68. The van der Waals surface area contributed by atoms with Gasteiger partial charge >= 0.3 is 0 Å². The fourth-order valence-corrected chi connectivity index (χ4v) is 2.21. The van der Waals surface area contributed by atoms with Crippen LogP contribution in [-0.2, 0) is 0 Å². The summed E-state index contributed by atoms with van der Waals surface area (Å²) in [5.41, 5.74) is 3.82. The number of benzene rings is 1. The van der Waals surface area contributed by atoms with Crippen molar-refractivity contribution in [3.05, 3.63) is 52.1 Å². The van der Waals surface area contributed by atoms with Gasteiger partial charge in [-0.15, -0.1) is 0 Å². The van der Waals surface area contributed by atoms with Gasteiger partial charge < -0.3 is 0 Å². The van der Waals surface area contributed by atoms with Gasteiger partial charge in [-0.3, -0.25) is 15.1 Å². The number of nitro benzene ring substituents is 1. The van der Waals surface area contributed by atoms with Gasteiger partial charge in [-0.05, 0) is 6.07 Å². The Hall–Kier alpha value is -2.23. The number of fused-ring (bicyclic) bond motifs is 3. The Morgan fingerprint density at radius 3 is 3.00 bits per heavy atom. The van der Waals surface area contributed by atoms with Crippen LogP contribution in [0.25, 0.3) is 5.57 Å². The smallest absolute Gasteiger partial charge is 0.258 e. The number of rotatable bonds is 1. The molecule has 1 aromatic rings. The summed E-state index contributed by atoms with van der Waals surface area (Å²) in [4.78, 5) is 14.9. The first kappa shape index (κ1) is 9.96. The van der Waals surface area contributed by atoms with Gasteiger partial charge in [-0.1, -0.05) is 25.2 Å². The summed E-state index contributed by atoms with van der Waals surface area (Å²) in [7, 11) is 0. The van der Waals surface area contributed by atoms with Gasteiger partial charge in [0.2, 0.25) is 0 Å². The zero-order valence-corrected chi connectivity index (χ0v) is 9.25. The molecule has 84 valence electrons. The van der Waals surface area contributed by atoms with Crippen LogP contribution in [0.1, 0.15) is 12.5 Å². The van der Waals surface area contributed by atoms with Crippen LogP contribution in [0.4, 0.5) is 11.4 Å². The van der Waals surface area contributed by atoms with Gasteiger partial charge in [0, 0.05) is 29.2 Å². The quantitative estimate of drug-likeness (QED) is 0.545. The average molecular weight is 226 g/mol. The number of nitrogens with zero attached hydrogens (tertiary/aromatic N) is 2. The molecule has 0 saturated carbocycles. The second-order valence-electron chi connectivity index (χ2n) is 4.21. The van der Waals surface area contributed by atoms with Gasteiger partial charge in [0.05, 0.1) is 16.3 Å². The van der Waals surface area contributed by atoms with Crippen molar-refractivity contribution in [2.75, 3.05) is 0 Å². The van der Waals surface area contributed by atoms with E-state index in [9.17, 15) is 10.1 Å². The van der Waals surface area contributed by atoms with Gasteiger partial charge in [0.25, 0.3) is 5.69 Å². The molecule has 0 saturated heterocycles. The molecule has 2 aliphatic rings. The molecule has 0 amide bonds. The van der Waals surface area contributed by atoms with Crippen molar-refractivity contribution in [2.45, 2.75) is 6.92 Å². The van der Waals surface area contributed by atoms with Crippen LogP contribution in [0.5, 0.6) is 0 Å². The lowest BCUT2D eigenvalue weighted by molar-refractivity contribution is -0.384. The lowest BCUT2D eigenvalue weighted by atomic mass is 9.90. The van der Waals surface area contributed by atoms with Crippen LogP contribution in [-0.4, -0.2) is 10.6 Å². The first-order valence-corrected chi connectivity index (χ1v) is 5.43. The molecular formula is C13H10N2O2. The minimum atomic E-state index is -0.374. The van der Waals surface area contributed by atoms with Crippen molar-refractivity contribution in [1.29, 1.82) is 0 Å². The maximum atomic E-state index is 10.8. The van der Waals surface area contributed by atoms with E-state index in [1.165, 1.54) is 6.07 Å². The summed E-state index contributed by atoms with van der Waals surface area (Å²) in [6.45, 7) is 2.07. The van der Waals surface area contributed by atoms with E-state index in [1.807, 2.05) is 12.2 Å². The van der Waals surface area contributed by atoms with E-state index in [-0.39, 0.29) is 16.5 Å². The maximum absolute atomic E-state index is 10.8. The molecule has 1 aliphatic carbocycles. The molecule has 17 heavy (non-hydrogen) atoms. The molecule has 1 unspecified atom stereocenters. The molecule has 0 bridgehead atoms. The van der Waals surface area contributed by atoms with Crippen LogP contribution in [0.3, 0.4) is 0 Å². The number of non-ortho nitro benzene ring substituents is 1. The molecule has 0 N–H and O–H groups in total. The first-order chi connectivity index (χ1) is 8.16. The van der Waals surface area contributed by atoms with Crippen LogP contribution < -0.4 is 0 Å². The highest BCUT2D eigenvalue weighted by Gasteiger charge is 2.26. The Balaban J connectivity index is 2.17. The molecule has 0 aromatic heterocycles. The zero-order chi connectivity index (χ0) is 12.0. The van der Waals surface area contributed by atoms with E-state index in [0.717, 1.165) is 22.5 Å². The molecule has 1 aromatic carbocycles. The Bertz CT molecular complexity index is 612. The lowest BCUT2D eigenvalue weighted by Crippen LogP contribution is -2.10. The second-order valence-corrected chi connectivity index (χ2v) is 4.21. The highest BCUT2D eigenvalue weighted by Crippen LogP contribution is 2.40. The predicted octanol–water partition coefficient (Wildman–Crippen LogP) is 3.27. The number of nitro groups is 1. The normalized spacial score (nSPS) is 20.4. The zero-order valence-electron chi connectivity index (χ0n) is 9.25. The Labute approximate surface area is 98.1 Å². The topological polar surface area (TPSA) is 55.5 Å². The third-order valence-electron chi connectivity index (χ3n) is 3.09. The Kier molecular flexibility index (Phi) is 1.98. The van der Waals surface area contributed by atoms with Crippen molar-refractivity contribution in [2.24, 2.45) is 10.9 Å². The largest absolute Gasteiger partial charge is 0.270 e. The van der Waals surface area contributed by atoms with Gasteiger partial charge in [0.1, 0.15) is 0 Å². The lowest BCUT2D eigenvalue weighted by Gasteiger charge is -2.12. The van der Waals surface area contributed by atoms with Crippen molar-refractivity contribution < 1.29 is 4.92 Å². The molecule has 0 spiro atoms. The fraction of sp³-hybridized carbons (Fsp3) is 0.154. The van der Waals surface area contributed by atoms with E-state index in [1.54, 1.807) is 12.1 Å². The van der Waals surface area contributed by atoms with Crippen LogP contribution in [0.15, 0.2) is 41.4 Å². The number of allylic oxidation sites excluding steroid dienone is 4. The molecule has 4 nitrogen and oxygen atoms in total. The van der Waals surface area contributed by atoms with Crippen LogP contribution in [0, 0.1) is 16.0 Å².